The molecule has 6 heteroatoms. The molecule has 3 aromatic heterocycles. The Hall–Kier alpha value is -3.67. The number of aryl methyl sites for hydroxylation is 3. The molecule has 0 aliphatic rings. The first kappa shape index (κ1) is 23.0. The van der Waals surface area contributed by atoms with Gasteiger partial charge in [-0.1, -0.05) is 32.6 Å². The van der Waals surface area contributed by atoms with Crippen LogP contribution in [0.3, 0.4) is 0 Å². The number of fused-ring (bicyclic) bond motifs is 1. The van der Waals surface area contributed by atoms with Gasteiger partial charge in [-0.3, -0.25) is 9.48 Å². The molecule has 4 aromatic rings. The number of hydrogen-bond acceptors (Lipinski definition) is 3. The average molecular weight is 430 g/mol. The number of aromatic amines is 1. The molecule has 32 heavy (non-hydrogen) atoms. The fourth-order valence-corrected chi connectivity index (χ4v) is 3.96. The second-order valence-corrected chi connectivity index (χ2v) is 7.56. The summed E-state index contributed by atoms with van der Waals surface area (Å²) in [5.41, 5.74) is 9.24. The molecule has 0 spiro atoms. The third kappa shape index (κ3) is 3.84. The van der Waals surface area contributed by atoms with Gasteiger partial charge < -0.3 is 9.88 Å². The largest absolute Gasteiger partial charge is 0.343 e. The van der Waals surface area contributed by atoms with Gasteiger partial charge in [-0.05, 0) is 50.1 Å². The zero-order valence-corrected chi connectivity index (χ0v) is 19.9. The molecule has 0 saturated heterocycles. The zero-order valence-electron chi connectivity index (χ0n) is 19.9. The van der Waals surface area contributed by atoms with Crippen LogP contribution in [-0.4, -0.2) is 32.7 Å². The Morgan fingerprint density at radius 3 is 2.50 bits per heavy atom. The second-order valence-electron chi connectivity index (χ2n) is 7.56. The molecular formula is C26H31N5O. The first-order chi connectivity index (χ1) is 15.3. The molecule has 0 atom stereocenters. The summed E-state index contributed by atoms with van der Waals surface area (Å²) in [6.45, 7) is 13.8. The Balaban J connectivity index is 0.00000141. The van der Waals surface area contributed by atoms with Crippen LogP contribution in [-0.2, 0) is 11.8 Å². The van der Waals surface area contributed by atoms with Gasteiger partial charge in [0.25, 0.3) is 0 Å². The van der Waals surface area contributed by atoms with Gasteiger partial charge in [0.15, 0.2) is 0 Å². The normalized spacial score (nSPS) is 10.6. The van der Waals surface area contributed by atoms with Crippen molar-refractivity contribution in [2.45, 2.75) is 34.6 Å². The monoisotopic (exact) mass is 429 g/mol. The van der Waals surface area contributed by atoms with Gasteiger partial charge in [0.1, 0.15) is 5.65 Å². The maximum absolute atomic E-state index is 12.1. The summed E-state index contributed by atoms with van der Waals surface area (Å²) in [6, 6.07) is 7.98. The Bertz CT molecular complexity index is 1300. The quantitative estimate of drug-likeness (QED) is 0.421. The van der Waals surface area contributed by atoms with E-state index in [2.05, 4.69) is 43.5 Å². The Morgan fingerprint density at radius 1 is 1.16 bits per heavy atom. The molecular weight excluding hydrogens is 398 g/mol. The van der Waals surface area contributed by atoms with Crippen molar-refractivity contribution in [3.05, 3.63) is 66.3 Å². The topological polar surface area (TPSA) is 66.8 Å². The van der Waals surface area contributed by atoms with Crippen molar-refractivity contribution in [1.29, 1.82) is 0 Å². The van der Waals surface area contributed by atoms with Crippen molar-refractivity contribution in [2.24, 2.45) is 7.05 Å². The lowest BCUT2D eigenvalue weighted by Gasteiger charge is -2.16. The number of aromatic nitrogens is 4. The van der Waals surface area contributed by atoms with E-state index in [1.165, 1.54) is 6.08 Å². The second kappa shape index (κ2) is 9.22. The SMILES string of the molecule is C=CC(=O)N(C)c1cccc(-c2c(C)[nH]c3ncc(-c4cnn(C)c4C)c(C)c23)c1.CC. The third-order valence-corrected chi connectivity index (χ3v) is 5.82. The molecule has 6 nitrogen and oxygen atoms in total. The Labute approximate surface area is 189 Å². The average Bonchev–Trinajstić information content (AvgIpc) is 3.33. The van der Waals surface area contributed by atoms with Crippen LogP contribution in [0.4, 0.5) is 5.69 Å². The number of H-pyrrole nitrogens is 1. The highest BCUT2D eigenvalue weighted by Gasteiger charge is 2.19. The number of carbonyl (C=O) groups is 1. The summed E-state index contributed by atoms with van der Waals surface area (Å²) < 4.78 is 1.87. The van der Waals surface area contributed by atoms with Gasteiger partial charge in [0.05, 0.1) is 6.20 Å². The maximum atomic E-state index is 12.1. The molecule has 1 aromatic carbocycles. The molecule has 0 unspecified atom stereocenters. The van der Waals surface area contributed by atoms with Crippen LogP contribution in [0.5, 0.6) is 0 Å². The molecule has 4 rings (SSSR count). The lowest BCUT2D eigenvalue weighted by Crippen LogP contribution is -2.23. The number of rotatable bonds is 4. The van der Waals surface area contributed by atoms with Crippen LogP contribution < -0.4 is 4.90 Å². The standard InChI is InChI=1S/C24H25N5O.C2H6/c1-7-21(30)28(5)18-10-8-9-17(11-18)23-15(3)27-24-22(23)14(2)19(12-25-24)20-13-26-29(6)16(20)4;1-2/h7-13H,1H2,2-6H3,(H,25,27);1-2H3. The number of anilines is 1. The molecule has 0 fully saturated rings. The fourth-order valence-electron chi connectivity index (χ4n) is 3.96. The number of likely N-dealkylation sites (N-methyl/N-ethyl adjacent to an activating group) is 1. The molecule has 0 bridgehead atoms. The number of carbonyl (C=O) groups excluding carboxylic acids is 1. The first-order valence-electron chi connectivity index (χ1n) is 10.8. The fraction of sp³-hybridized carbons (Fsp3) is 0.269. The van der Waals surface area contributed by atoms with E-state index in [0.717, 1.165) is 55.9 Å². The summed E-state index contributed by atoms with van der Waals surface area (Å²) in [7, 11) is 3.69. The minimum absolute atomic E-state index is 0.144. The van der Waals surface area contributed by atoms with E-state index in [1.807, 2.05) is 56.2 Å². The van der Waals surface area contributed by atoms with Crippen LogP contribution in [0.2, 0.25) is 0 Å². The molecule has 0 aliphatic carbocycles. The number of pyridine rings is 1. The van der Waals surface area contributed by atoms with E-state index in [9.17, 15) is 4.79 Å². The first-order valence-corrected chi connectivity index (χ1v) is 10.8. The van der Waals surface area contributed by atoms with Crippen LogP contribution in [0, 0.1) is 20.8 Å². The van der Waals surface area contributed by atoms with E-state index in [1.54, 1.807) is 11.9 Å². The van der Waals surface area contributed by atoms with Crippen LogP contribution in [0.25, 0.3) is 33.3 Å². The number of nitrogens with zero attached hydrogens (tertiary/aromatic N) is 4. The minimum atomic E-state index is -0.144. The number of hydrogen-bond donors (Lipinski definition) is 1. The van der Waals surface area contributed by atoms with Crippen LogP contribution in [0.15, 0.2) is 49.3 Å². The van der Waals surface area contributed by atoms with E-state index >= 15 is 0 Å². The molecule has 1 amide bonds. The van der Waals surface area contributed by atoms with Gasteiger partial charge in [0, 0.05) is 59.4 Å². The highest BCUT2D eigenvalue weighted by atomic mass is 16.2. The summed E-state index contributed by atoms with van der Waals surface area (Å²) in [6.07, 6.45) is 5.12. The summed E-state index contributed by atoms with van der Waals surface area (Å²) >= 11 is 0. The molecule has 3 heterocycles. The number of amides is 1. The van der Waals surface area contributed by atoms with E-state index < -0.39 is 0 Å². The predicted octanol–water partition coefficient (Wildman–Crippen LogP) is 5.73. The van der Waals surface area contributed by atoms with Crippen LogP contribution in [0.1, 0.15) is 30.8 Å². The highest BCUT2D eigenvalue weighted by Crippen LogP contribution is 2.38. The summed E-state index contributed by atoms with van der Waals surface area (Å²) in [5.74, 6) is -0.144. The van der Waals surface area contributed by atoms with E-state index in [-0.39, 0.29) is 5.91 Å². The lowest BCUT2D eigenvalue weighted by atomic mass is 9.95. The molecule has 1 N–H and O–H groups in total. The summed E-state index contributed by atoms with van der Waals surface area (Å²) in [5, 5.41) is 5.48. The number of benzene rings is 1. The number of nitrogens with one attached hydrogen (secondary N) is 1. The van der Waals surface area contributed by atoms with E-state index in [0.29, 0.717) is 0 Å². The van der Waals surface area contributed by atoms with Gasteiger partial charge in [-0.2, -0.15) is 5.10 Å². The van der Waals surface area contributed by atoms with Gasteiger partial charge in [0.2, 0.25) is 5.91 Å². The van der Waals surface area contributed by atoms with Gasteiger partial charge in [-0.15, -0.1) is 0 Å². The molecule has 0 aliphatic heterocycles. The van der Waals surface area contributed by atoms with Crippen molar-refractivity contribution in [2.75, 3.05) is 11.9 Å². The van der Waals surface area contributed by atoms with Crippen molar-refractivity contribution in [3.63, 3.8) is 0 Å². The predicted molar refractivity (Wildman–Crippen MR) is 133 cm³/mol. The minimum Gasteiger partial charge on any atom is -0.343 e. The van der Waals surface area contributed by atoms with Crippen LogP contribution >= 0.6 is 0 Å². The maximum Gasteiger partial charge on any atom is 0.250 e. The highest BCUT2D eigenvalue weighted by molar-refractivity contribution is 6.03. The Kier molecular flexibility index (Phi) is 6.63. The zero-order chi connectivity index (χ0) is 23.6. The van der Waals surface area contributed by atoms with Crippen molar-refractivity contribution in [1.82, 2.24) is 19.7 Å². The van der Waals surface area contributed by atoms with E-state index in [4.69, 9.17) is 4.98 Å². The van der Waals surface area contributed by atoms with Gasteiger partial charge in [-0.25, -0.2) is 4.98 Å². The molecule has 0 saturated carbocycles. The Morgan fingerprint density at radius 2 is 1.88 bits per heavy atom. The van der Waals surface area contributed by atoms with Crippen molar-refractivity contribution < 1.29 is 4.79 Å². The van der Waals surface area contributed by atoms with Gasteiger partial charge >= 0.3 is 0 Å². The lowest BCUT2D eigenvalue weighted by molar-refractivity contribution is -0.113. The third-order valence-electron chi connectivity index (χ3n) is 5.82. The summed E-state index contributed by atoms with van der Waals surface area (Å²) in [4.78, 5) is 21.8. The van der Waals surface area contributed by atoms with Crippen molar-refractivity contribution in [3.8, 4) is 22.3 Å². The molecule has 166 valence electrons. The molecule has 0 radical (unpaired) electrons. The van der Waals surface area contributed by atoms with Crippen molar-refractivity contribution >= 4 is 22.6 Å². The smallest absolute Gasteiger partial charge is 0.250 e.